The fourth-order valence-corrected chi connectivity index (χ4v) is 3.07. The first-order valence-electron chi connectivity index (χ1n) is 6.51. The molecule has 0 saturated carbocycles. The molecule has 0 radical (unpaired) electrons. The van der Waals surface area contributed by atoms with Gasteiger partial charge in [-0.05, 0) is 30.2 Å². The van der Waals surface area contributed by atoms with Crippen LogP contribution in [0.1, 0.15) is 21.5 Å². The van der Waals surface area contributed by atoms with Crippen LogP contribution in [-0.4, -0.2) is 17.4 Å². The number of carbonyl (C=O) groups is 1. The first-order chi connectivity index (χ1) is 10.1. The Bertz CT molecular complexity index is 711. The number of fused-ring (bicyclic) bond motifs is 1. The lowest BCUT2D eigenvalue weighted by Crippen LogP contribution is -2.25. The molecule has 0 bridgehead atoms. The van der Waals surface area contributed by atoms with Crippen LogP contribution >= 0.6 is 11.3 Å². The van der Waals surface area contributed by atoms with E-state index in [1.165, 1.54) is 17.0 Å². The summed E-state index contributed by atoms with van der Waals surface area (Å²) in [5, 5.41) is 18.3. The maximum Gasteiger partial charge on any atom is 0.324 e. The molecule has 0 spiro atoms. The van der Waals surface area contributed by atoms with Crippen molar-refractivity contribution in [1.82, 2.24) is 5.32 Å². The predicted molar refractivity (Wildman–Crippen MR) is 80.8 cm³/mol. The van der Waals surface area contributed by atoms with E-state index < -0.39 is 4.92 Å². The molecule has 1 amide bonds. The summed E-state index contributed by atoms with van der Waals surface area (Å²) in [6.45, 7) is 1.65. The molecule has 1 aliphatic rings. The minimum atomic E-state index is -0.490. The molecule has 108 valence electrons. The number of amides is 1. The molecule has 0 fully saturated rings. The second-order valence-corrected chi connectivity index (χ2v) is 5.64. The van der Waals surface area contributed by atoms with E-state index in [1.54, 1.807) is 0 Å². The fourth-order valence-electron chi connectivity index (χ4n) is 2.37. The van der Waals surface area contributed by atoms with Gasteiger partial charge < -0.3 is 10.6 Å². The van der Waals surface area contributed by atoms with Crippen LogP contribution in [0.2, 0.25) is 0 Å². The Morgan fingerprint density at radius 2 is 2.29 bits per heavy atom. The van der Waals surface area contributed by atoms with Gasteiger partial charge in [0, 0.05) is 23.7 Å². The molecular weight excluding hydrogens is 290 g/mol. The minimum Gasteiger partial charge on any atom is -0.322 e. The van der Waals surface area contributed by atoms with Crippen molar-refractivity contribution in [1.29, 1.82) is 0 Å². The molecule has 1 aromatic heterocycles. The average Bonchev–Trinajstić information content (AvgIpc) is 2.98. The van der Waals surface area contributed by atoms with E-state index in [0.29, 0.717) is 5.56 Å². The monoisotopic (exact) mass is 303 g/mol. The minimum absolute atomic E-state index is 0.0306. The van der Waals surface area contributed by atoms with Gasteiger partial charge in [-0.15, -0.1) is 0 Å². The average molecular weight is 303 g/mol. The van der Waals surface area contributed by atoms with Crippen molar-refractivity contribution in [2.24, 2.45) is 0 Å². The van der Waals surface area contributed by atoms with E-state index in [2.05, 4.69) is 16.7 Å². The van der Waals surface area contributed by atoms with Crippen molar-refractivity contribution in [3.8, 4) is 0 Å². The zero-order chi connectivity index (χ0) is 14.8. The lowest BCUT2D eigenvalue weighted by atomic mass is 9.99. The summed E-state index contributed by atoms with van der Waals surface area (Å²) in [7, 11) is 0. The molecular formula is C14H13N3O3S. The van der Waals surface area contributed by atoms with Crippen LogP contribution in [-0.2, 0) is 13.0 Å². The van der Waals surface area contributed by atoms with Crippen LogP contribution in [0.3, 0.4) is 0 Å². The van der Waals surface area contributed by atoms with Gasteiger partial charge in [0.2, 0.25) is 0 Å². The van der Waals surface area contributed by atoms with Crippen LogP contribution < -0.4 is 10.6 Å². The SMILES string of the molecule is O=C(Nc1cccc2c1CNCC2)c1csc([N+](=O)[O-])c1. The van der Waals surface area contributed by atoms with Gasteiger partial charge in [0.15, 0.2) is 0 Å². The summed E-state index contributed by atoms with van der Waals surface area (Å²) in [6.07, 6.45) is 0.933. The quantitative estimate of drug-likeness (QED) is 0.674. The number of nitro groups is 1. The van der Waals surface area contributed by atoms with E-state index in [-0.39, 0.29) is 10.9 Å². The van der Waals surface area contributed by atoms with Crippen LogP contribution in [0.5, 0.6) is 0 Å². The molecule has 0 saturated heterocycles. The third kappa shape index (κ3) is 2.79. The zero-order valence-electron chi connectivity index (χ0n) is 11.1. The van der Waals surface area contributed by atoms with E-state index in [1.807, 2.05) is 12.1 Å². The molecule has 1 aromatic carbocycles. The van der Waals surface area contributed by atoms with Crippen molar-refractivity contribution in [2.75, 3.05) is 11.9 Å². The zero-order valence-corrected chi connectivity index (χ0v) is 11.9. The second-order valence-electron chi connectivity index (χ2n) is 4.75. The van der Waals surface area contributed by atoms with E-state index in [0.717, 1.165) is 42.1 Å². The maximum atomic E-state index is 12.2. The highest BCUT2D eigenvalue weighted by Gasteiger charge is 2.18. The number of hydrogen-bond donors (Lipinski definition) is 2. The lowest BCUT2D eigenvalue weighted by Gasteiger charge is -2.20. The van der Waals surface area contributed by atoms with Crippen LogP contribution in [0.15, 0.2) is 29.6 Å². The van der Waals surface area contributed by atoms with Gasteiger partial charge in [-0.1, -0.05) is 23.5 Å². The normalized spacial score (nSPS) is 13.5. The maximum absolute atomic E-state index is 12.2. The highest BCUT2D eigenvalue weighted by atomic mass is 32.1. The number of benzene rings is 1. The number of nitrogens with zero attached hydrogens (tertiary/aromatic N) is 1. The first-order valence-corrected chi connectivity index (χ1v) is 7.39. The fraction of sp³-hybridized carbons (Fsp3) is 0.214. The van der Waals surface area contributed by atoms with Crippen molar-refractivity contribution in [2.45, 2.75) is 13.0 Å². The highest BCUT2D eigenvalue weighted by Crippen LogP contribution is 2.26. The third-order valence-electron chi connectivity index (χ3n) is 3.42. The molecule has 0 atom stereocenters. The van der Waals surface area contributed by atoms with Crippen LogP contribution in [0.4, 0.5) is 10.7 Å². The van der Waals surface area contributed by atoms with Crippen molar-refractivity contribution < 1.29 is 9.72 Å². The summed E-state index contributed by atoms with van der Waals surface area (Å²) < 4.78 is 0. The third-order valence-corrected chi connectivity index (χ3v) is 4.30. The lowest BCUT2D eigenvalue weighted by molar-refractivity contribution is -0.380. The smallest absolute Gasteiger partial charge is 0.322 e. The Hall–Kier alpha value is -2.25. The van der Waals surface area contributed by atoms with Gasteiger partial charge >= 0.3 is 5.00 Å². The highest BCUT2D eigenvalue weighted by molar-refractivity contribution is 7.13. The number of rotatable bonds is 3. The van der Waals surface area contributed by atoms with Gasteiger partial charge in [0.25, 0.3) is 5.91 Å². The van der Waals surface area contributed by atoms with Crippen molar-refractivity contribution in [3.05, 3.63) is 56.5 Å². The summed E-state index contributed by atoms with van der Waals surface area (Å²) in [6, 6.07) is 7.12. The molecule has 3 rings (SSSR count). The molecule has 2 heterocycles. The summed E-state index contributed by atoms with van der Waals surface area (Å²) in [4.78, 5) is 22.4. The Morgan fingerprint density at radius 3 is 3.05 bits per heavy atom. The standard InChI is InChI=1S/C14H13N3O3S/c18-14(10-6-13(17(19)20)21-8-10)16-12-3-1-2-9-4-5-15-7-11(9)12/h1-3,6,8,15H,4-5,7H2,(H,16,18). The van der Waals surface area contributed by atoms with Crippen LogP contribution in [0.25, 0.3) is 0 Å². The van der Waals surface area contributed by atoms with Gasteiger partial charge in [-0.25, -0.2) is 0 Å². The Balaban J connectivity index is 1.83. The predicted octanol–water partition coefficient (Wildman–Crippen LogP) is 2.55. The van der Waals surface area contributed by atoms with Gasteiger partial charge in [-0.2, -0.15) is 0 Å². The largest absolute Gasteiger partial charge is 0.324 e. The second kappa shape index (κ2) is 5.63. The topological polar surface area (TPSA) is 84.3 Å². The summed E-state index contributed by atoms with van der Waals surface area (Å²) in [5.41, 5.74) is 3.39. The van der Waals surface area contributed by atoms with E-state index >= 15 is 0 Å². The van der Waals surface area contributed by atoms with E-state index in [9.17, 15) is 14.9 Å². The molecule has 0 aliphatic carbocycles. The molecule has 2 aromatic rings. The van der Waals surface area contributed by atoms with Gasteiger partial charge in [0.05, 0.1) is 10.5 Å². The van der Waals surface area contributed by atoms with Gasteiger partial charge in [0.1, 0.15) is 0 Å². The summed E-state index contributed by atoms with van der Waals surface area (Å²) >= 11 is 0.953. The van der Waals surface area contributed by atoms with Crippen molar-refractivity contribution in [3.63, 3.8) is 0 Å². The molecule has 21 heavy (non-hydrogen) atoms. The number of hydrogen-bond acceptors (Lipinski definition) is 5. The Labute approximate surface area is 124 Å². The van der Waals surface area contributed by atoms with Crippen LogP contribution in [0, 0.1) is 10.1 Å². The van der Waals surface area contributed by atoms with Crippen molar-refractivity contribution >= 4 is 27.9 Å². The number of carbonyl (C=O) groups excluding carboxylic acids is 1. The number of anilines is 1. The molecule has 0 unspecified atom stereocenters. The Morgan fingerprint density at radius 1 is 1.43 bits per heavy atom. The summed E-state index contributed by atoms with van der Waals surface area (Å²) in [5.74, 6) is -0.321. The molecule has 1 aliphatic heterocycles. The number of nitrogens with one attached hydrogen (secondary N) is 2. The van der Waals surface area contributed by atoms with E-state index in [4.69, 9.17) is 0 Å². The number of thiophene rings is 1. The first kappa shape index (κ1) is 13.7. The molecule has 7 heteroatoms. The Kier molecular flexibility index (Phi) is 3.68. The molecule has 2 N–H and O–H groups in total. The van der Waals surface area contributed by atoms with Gasteiger partial charge in [-0.3, -0.25) is 14.9 Å². The molecule has 6 nitrogen and oxygen atoms in total.